The van der Waals surface area contributed by atoms with E-state index in [2.05, 4.69) is 56.0 Å². The van der Waals surface area contributed by atoms with Crippen LogP contribution in [0.4, 0.5) is 0 Å². The lowest BCUT2D eigenvalue weighted by Gasteiger charge is -2.12. The van der Waals surface area contributed by atoms with Crippen LogP contribution in [0.3, 0.4) is 0 Å². The van der Waals surface area contributed by atoms with Crippen LogP contribution in [0.2, 0.25) is 0 Å². The lowest BCUT2D eigenvalue weighted by atomic mass is 9.92. The highest BCUT2D eigenvalue weighted by Gasteiger charge is 2.44. The summed E-state index contributed by atoms with van der Waals surface area (Å²) in [5, 5.41) is 0. The van der Waals surface area contributed by atoms with Crippen LogP contribution in [0.15, 0.2) is 49.0 Å². The average molecular weight is 232 g/mol. The SMILES string of the molecule is C=C1c2ccccc2C2CC2c2ccc(C)cc21. The first-order valence-corrected chi connectivity index (χ1v) is 6.65. The third-order valence-electron chi connectivity index (χ3n) is 4.41. The van der Waals surface area contributed by atoms with Gasteiger partial charge >= 0.3 is 0 Å². The maximum atomic E-state index is 4.35. The molecule has 18 heavy (non-hydrogen) atoms. The van der Waals surface area contributed by atoms with Crippen molar-refractivity contribution >= 4 is 5.57 Å². The van der Waals surface area contributed by atoms with Gasteiger partial charge in [0.15, 0.2) is 0 Å². The summed E-state index contributed by atoms with van der Waals surface area (Å²) < 4.78 is 0. The fraction of sp³-hybridized carbons (Fsp3) is 0.222. The van der Waals surface area contributed by atoms with E-state index < -0.39 is 0 Å². The Kier molecular flexibility index (Phi) is 1.89. The average Bonchev–Trinajstić information content (AvgIpc) is 3.17. The quantitative estimate of drug-likeness (QED) is 0.620. The normalized spacial score (nSPS) is 23.7. The largest absolute Gasteiger partial charge is 0.0905 e. The highest BCUT2D eigenvalue weighted by molar-refractivity contribution is 5.84. The third-order valence-corrected chi connectivity index (χ3v) is 4.41. The lowest BCUT2D eigenvalue weighted by Crippen LogP contribution is -1.93. The minimum Gasteiger partial charge on any atom is -0.0905 e. The second-order valence-electron chi connectivity index (χ2n) is 5.61. The first-order valence-electron chi connectivity index (χ1n) is 6.65. The van der Waals surface area contributed by atoms with Crippen molar-refractivity contribution in [3.63, 3.8) is 0 Å². The Morgan fingerprint density at radius 3 is 2.50 bits per heavy atom. The van der Waals surface area contributed by atoms with E-state index >= 15 is 0 Å². The summed E-state index contributed by atoms with van der Waals surface area (Å²) in [5.41, 5.74) is 8.26. The van der Waals surface area contributed by atoms with Gasteiger partial charge in [-0.1, -0.05) is 54.6 Å². The fourth-order valence-corrected chi connectivity index (χ4v) is 3.38. The Morgan fingerprint density at radius 2 is 1.67 bits per heavy atom. The van der Waals surface area contributed by atoms with E-state index in [9.17, 15) is 0 Å². The molecule has 0 spiro atoms. The van der Waals surface area contributed by atoms with Crippen LogP contribution >= 0.6 is 0 Å². The molecule has 2 aromatic rings. The number of fused-ring (bicyclic) bond motifs is 5. The molecule has 4 rings (SSSR count). The van der Waals surface area contributed by atoms with E-state index in [-0.39, 0.29) is 0 Å². The second-order valence-corrected chi connectivity index (χ2v) is 5.61. The van der Waals surface area contributed by atoms with Gasteiger partial charge in [0.2, 0.25) is 0 Å². The summed E-state index contributed by atoms with van der Waals surface area (Å²) in [6, 6.07) is 15.6. The van der Waals surface area contributed by atoms with Crippen LogP contribution in [0.25, 0.3) is 5.57 Å². The van der Waals surface area contributed by atoms with Crippen molar-refractivity contribution in [2.45, 2.75) is 25.2 Å². The van der Waals surface area contributed by atoms with E-state index in [0.29, 0.717) is 0 Å². The van der Waals surface area contributed by atoms with Crippen molar-refractivity contribution in [3.8, 4) is 0 Å². The molecule has 2 atom stereocenters. The van der Waals surface area contributed by atoms with E-state index in [4.69, 9.17) is 0 Å². The molecule has 0 nitrogen and oxygen atoms in total. The predicted octanol–water partition coefficient (Wildman–Crippen LogP) is 4.64. The van der Waals surface area contributed by atoms with Gasteiger partial charge in [-0.05, 0) is 53.0 Å². The first kappa shape index (κ1) is 10.1. The van der Waals surface area contributed by atoms with Crippen LogP contribution in [-0.4, -0.2) is 0 Å². The third kappa shape index (κ3) is 1.26. The van der Waals surface area contributed by atoms with Gasteiger partial charge in [-0.25, -0.2) is 0 Å². The number of benzene rings is 2. The molecule has 0 bridgehead atoms. The molecule has 0 N–H and O–H groups in total. The van der Waals surface area contributed by atoms with Crippen LogP contribution < -0.4 is 0 Å². The van der Waals surface area contributed by atoms with Gasteiger partial charge in [0.05, 0.1) is 0 Å². The summed E-state index contributed by atoms with van der Waals surface area (Å²) in [7, 11) is 0. The summed E-state index contributed by atoms with van der Waals surface area (Å²) in [4.78, 5) is 0. The first-order chi connectivity index (χ1) is 8.75. The van der Waals surface area contributed by atoms with Crippen LogP contribution in [0.1, 0.15) is 46.1 Å². The molecule has 1 saturated carbocycles. The molecular weight excluding hydrogens is 216 g/mol. The van der Waals surface area contributed by atoms with Gasteiger partial charge in [0, 0.05) is 0 Å². The van der Waals surface area contributed by atoms with Crippen LogP contribution in [-0.2, 0) is 0 Å². The Labute approximate surface area is 108 Å². The van der Waals surface area contributed by atoms with Crippen molar-refractivity contribution in [1.29, 1.82) is 0 Å². The number of rotatable bonds is 0. The number of aryl methyl sites for hydroxylation is 1. The molecular formula is C18H16. The smallest absolute Gasteiger partial charge is 0.00805 e. The molecule has 1 fully saturated rings. The predicted molar refractivity (Wildman–Crippen MR) is 75.9 cm³/mol. The molecule has 0 aromatic heterocycles. The molecule has 88 valence electrons. The highest BCUT2D eigenvalue weighted by Crippen LogP contribution is 2.59. The standard InChI is InChI=1S/C18H16/c1-11-7-8-15-16(9-11)12(2)13-5-3-4-6-14(13)17-10-18(15)17/h3-9,17-18H,2,10H2,1H3. The summed E-state index contributed by atoms with van der Waals surface area (Å²) >= 11 is 0. The Morgan fingerprint density at radius 1 is 0.944 bits per heavy atom. The minimum absolute atomic E-state index is 0.723. The number of hydrogen-bond donors (Lipinski definition) is 0. The van der Waals surface area contributed by atoms with Crippen molar-refractivity contribution < 1.29 is 0 Å². The van der Waals surface area contributed by atoms with Crippen molar-refractivity contribution in [3.05, 3.63) is 76.9 Å². The minimum atomic E-state index is 0.723. The van der Waals surface area contributed by atoms with Gasteiger partial charge in [0.1, 0.15) is 0 Å². The van der Waals surface area contributed by atoms with E-state index in [1.54, 1.807) is 0 Å². The van der Waals surface area contributed by atoms with Crippen molar-refractivity contribution in [2.24, 2.45) is 0 Å². The second kappa shape index (κ2) is 3.35. The van der Waals surface area contributed by atoms with Gasteiger partial charge in [-0.15, -0.1) is 0 Å². The monoisotopic (exact) mass is 232 g/mol. The lowest BCUT2D eigenvalue weighted by molar-refractivity contribution is 1.03. The zero-order chi connectivity index (χ0) is 12.3. The fourth-order valence-electron chi connectivity index (χ4n) is 3.38. The van der Waals surface area contributed by atoms with Gasteiger partial charge in [-0.2, -0.15) is 0 Å². The Balaban J connectivity index is 2.01. The topological polar surface area (TPSA) is 0 Å². The molecule has 0 amide bonds. The summed E-state index contributed by atoms with van der Waals surface area (Å²) in [6.45, 7) is 6.51. The van der Waals surface area contributed by atoms with Crippen LogP contribution in [0.5, 0.6) is 0 Å². The summed E-state index contributed by atoms with van der Waals surface area (Å²) in [5.74, 6) is 1.45. The molecule has 2 aromatic carbocycles. The van der Waals surface area contributed by atoms with E-state index in [1.165, 1.54) is 39.8 Å². The van der Waals surface area contributed by atoms with E-state index in [1.807, 2.05) is 0 Å². The molecule has 0 radical (unpaired) electrons. The Bertz CT molecular complexity index is 663. The summed E-state index contributed by atoms with van der Waals surface area (Å²) in [6.07, 6.45) is 1.31. The Hall–Kier alpha value is -1.82. The molecule has 0 aliphatic heterocycles. The molecule has 0 heterocycles. The zero-order valence-corrected chi connectivity index (χ0v) is 10.6. The zero-order valence-electron chi connectivity index (χ0n) is 10.6. The van der Waals surface area contributed by atoms with Gasteiger partial charge in [-0.3, -0.25) is 0 Å². The highest BCUT2D eigenvalue weighted by atomic mass is 14.5. The van der Waals surface area contributed by atoms with Crippen molar-refractivity contribution in [2.75, 3.05) is 0 Å². The molecule has 0 heteroatoms. The van der Waals surface area contributed by atoms with Gasteiger partial charge < -0.3 is 0 Å². The van der Waals surface area contributed by atoms with Crippen molar-refractivity contribution in [1.82, 2.24) is 0 Å². The maximum Gasteiger partial charge on any atom is -0.00805 e. The van der Waals surface area contributed by atoms with Gasteiger partial charge in [0.25, 0.3) is 0 Å². The molecule has 0 saturated heterocycles. The molecule has 2 aliphatic carbocycles. The molecule has 2 unspecified atom stereocenters. The van der Waals surface area contributed by atoms with Crippen LogP contribution in [0, 0.1) is 6.92 Å². The maximum absolute atomic E-state index is 4.35. The molecule has 2 aliphatic rings. The van der Waals surface area contributed by atoms with E-state index in [0.717, 1.165) is 11.8 Å². The number of hydrogen-bond acceptors (Lipinski definition) is 0.